The summed E-state index contributed by atoms with van der Waals surface area (Å²) in [6.45, 7) is 6.53. The number of carbonyl (C=O) groups is 1. The highest BCUT2D eigenvalue weighted by atomic mass is 16.1. The van der Waals surface area contributed by atoms with E-state index in [2.05, 4.69) is 43.2 Å². The van der Waals surface area contributed by atoms with Crippen LogP contribution < -0.4 is 5.32 Å². The van der Waals surface area contributed by atoms with Gasteiger partial charge < -0.3 is 10.3 Å². The second-order valence-electron chi connectivity index (χ2n) is 6.91. The van der Waals surface area contributed by atoms with Crippen LogP contribution in [-0.2, 0) is 16.6 Å². The number of nitrogens with one attached hydrogen (secondary N) is 2. The maximum Gasteiger partial charge on any atom is 0.228 e. The molecule has 3 aromatic rings. The summed E-state index contributed by atoms with van der Waals surface area (Å²) in [7, 11) is 0. The SMILES string of the molecule is CC(C)(C)c1ccc(NC(=O)Cc2c[nH]c3ccccc23)cc1. The summed E-state index contributed by atoms with van der Waals surface area (Å²) in [5.74, 6) is -0.00161. The Morgan fingerprint density at radius 1 is 1.04 bits per heavy atom. The third-order valence-electron chi connectivity index (χ3n) is 4.06. The second-order valence-corrected chi connectivity index (χ2v) is 6.91. The summed E-state index contributed by atoms with van der Waals surface area (Å²) in [6, 6.07) is 16.1. The van der Waals surface area contributed by atoms with Gasteiger partial charge in [-0.05, 0) is 34.7 Å². The number of hydrogen-bond donors (Lipinski definition) is 2. The number of anilines is 1. The highest BCUT2D eigenvalue weighted by Crippen LogP contribution is 2.24. The zero-order chi connectivity index (χ0) is 16.4. The number of aromatic nitrogens is 1. The second kappa shape index (κ2) is 5.92. The zero-order valence-electron chi connectivity index (χ0n) is 13.8. The molecule has 0 fully saturated rings. The van der Waals surface area contributed by atoms with Crippen LogP contribution in [0.3, 0.4) is 0 Å². The van der Waals surface area contributed by atoms with Gasteiger partial charge in [-0.3, -0.25) is 4.79 Å². The molecule has 118 valence electrons. The van der Waals surface area contributed by atoms with E-state index in [1.165, 1.54) is 5.56 Å². The van der Waals surface area contributed by atoms with Crippen LogP contribution in [0.15, 0.2) is 54.7 Å². The van der Waals surface area contributed by atoms with Crippen LogP contribution in [-0.4, -0.2) is 10.9 Å². The van der Waals surface area contributed by atoms with Crippen molar-refractivity contribution in [3.8, 4) is 0 Å². The van der Waals surface area contributed by atoms with Gasteiger partial charge in [0, 0.05) is 22.8 Å². The van der Waals surface area contributed by atoms with Crippen LogP contribution in [0.5, 0.6) is 0 Å². The molecule has 0 unspecified atom stereocenters. The lowest BCUT2D eigenvalue weighted by atomic mass is 9.87. The van der Waals surface area contributed by atoms with Crippen molar-refractivity contribution in [1.29, 1.82) is 0 Å². The van der Waals surface area contributed by atoms with Gasteiger partial charge in [-0.2, -0.15) is 0 Å². The Kier molecular flexibility index (Phi) is 3.95. The number of carbonyl (C=O) groups excluding carboxylic acids is 1. The zero-order valence-corrected chi connectivity index (χ0v) is 13.8. The highest BCUT2D eigenvalue weighted by molar-refractivity contribution is 5.95. The van der Waals surface area contributed by atoms with Gasteiger partial charge in [0.25, 0.3) is 0 Å². The first-order chi connectivity index (χ1) is 10.9. The molecular formula is C20H22N2O. The molecule has 0 saturated carbocycles. The van der Waals surface area contributed by atoms with Crippen LogP contribution in [0.2, 0.25) is 0 Å². The molecule has 1 amide bonds. The molecule has 0 aliphatic carbocycles. The Morgan fingerprint density at radius 2 is 1.74 bits per heavy atom. The fraction of sp³-hybridized carbons (Fsp3) is 0.250. The maximum absolute atomic E-state index is 12.3. The highest BCUT2D eigenvalue weighted by Gasteiger charge is 2.13. The Hall–Kier alpha value is -2.55. The fourth-order valence-electron chi connectivity index (χ4n) is 2.71. The van der Waals surface area contributed by atoms with E-state index >= 15 is 0 Å². The van der Waals surface area contributed by atoms with Gasteiger partial charge >= 0.3 is 0 Å². The molecule has 1 heterocycles. The van der Waals surface area contributed by atoms with Gasteiger partial charge in [-0.25, -0.2) is 0 Å². The van der Waals surface area contributed by atoms with Crippen LogP contribution in [0, 0.1) is 0 Å². The average molecular weight is 306 g/mol. The monoisotopic (exact) mass is 306 g/mol. The fourth-order valence-corrected chi connectivity index (χ4v) is 2.71. The molecule has 3 heteroatoms. The third-order valence-corrected chi connectivity index (χ3v) is 4.06. The van der Waals surface area contributed by atoms with E-state index < -0.39 is 0 Å². The molecule has 0 atom stereocenters. The minimum absolute atomic E-state index is 0.00161. The molecule has 3 rings (SSSR count). The minimum Gasteiger partial charge on any atom is -0.361 e. The molecular weight excluding hydrogens is 284 g/mol. The first kappa shape index (κ1) is 15.3. The number of rotatable bonds is 3. The van der Waals surface area contributed by atoms with Crippen molar-refractivity contribution >= 4 is 22.5 Å². The van der Waals surface area contributed by atoms with Gasteiger partial charge in [-0.1, -0.05) is 51.1 Å². The number of hydrogen-bond acceptors (Lipinski definition) is 1. The molecule has 1 aromatic heterocycles. The van der Waals surface area contributed by atoms with Crippen molar-refractivity contribution < 1.29 is 4.79 Å². The number of amides is 1. The molecule has 0 spiro atoms. The first-order valence-electron chi connectivity index (χ1n) is 7.89. The first-order valence-corrected chi connectivity index (χ1v) is 7.89. The molecule has 2 N–H and O–H groups in total. The Labute approximate surface area is 136 Å². The van der Waals surface area contributed by atoms with Crippen molar-refractivity contribution in [2.45, 2.75) is 32.6 Å². The molecule has 3 nitrogen and oxygen atoms in total. The Morgan fingerprint density at radius 3 is 2.43 bits per heavy atom. The lowest BCUT2D eigenvalue weighted by Gasteiger charge is -2.19. The number of para-hydroxylation sites is 1. The average Bonchev–Trinajstić information content (AvgIpc) is 2.90. The van der Waals surface area contributed by atoms with Gasteiger partial charge in [-0.15, -0.1) is 0 Å². The molecule has 0 bridgehead atoms. The number of aromatic amines is 1. The molecule has 0 aliphatic heterocycles. The van der Waals surface area contributed by atoms with Crippen molar-refractivity contribution in [2.24, 2.45) is 0 Å². The van der Waals surface area contributed by atoms with Gasteiger partial charge in [0.05, 0.1) is 6.42 Å². The molecule has 0 aliphatic rings. The smallest absolute Gasteiger partial charge is 0.228 e. The van der Waals surface area contributed by atoms with Gasteiger partial charge in [0.15, 0.2) is 0 Å². The quantitative estimate of drug-likeness (QED) is 0.727. The van der Waals surface area contributed by atoms with Crippen LogP contribution in [0.4, 0.5) is 5.69 Å². The van der Waals surface area contributed by atoms with E-state index in [4.69, 9.17) is 0 Å². The topological polar surface area (TPSA) is 44.9 Å². The molecule has 0 saturated heterocycles. The van der Waals surface area contributed by atoms with Crippen LogP contribution in [0.1, 0.15) is 31.9 Å². The van der Waals surface area contributed by atoms with E-state index in [-0.39, 0.29) is 11.3 Å². The molecule has 23 heavy (non-hydrogen) atoms. The van der Waals surface area contributed by atoms with Crippen molar-refractivity contribution in [2.75, 3.05) is 5.32 Å². The van der Waals surface area contributed by atoms with E-state index in [1.807, 2.05) is 42.6 Å². The Balaban J connectivity index is 1.70. The summed E-state index contributed by atoms with van der Waals surface area (Å²) in [4.78, 5) is 15.5. The van der Waals surface area contributed by atoms with Crippen molar-refractivity contribution in [3.05, 3.63) is 65.9 Å². The summed E-state index contributed by atoms with van der Waals surface area (Å²) in [5, 5.41) is 4.07. The van der Waals surface area contributed by atoms with Gasteiger partial charge in [0.2, 0.25) is 5.91 Å². The third kappa shape index (κ3) is 3.45. The summed E-state index contributed by atoms with van der Waals surface area (Å²) < 4.78 is 0. The molecule has 0 radical (unpaired) electrons. The van der Waals surface area contributed by atoms with Crippen LogP contribution >= 0.6 is 0 Å². The number of fused-ring (bicyclic) bond motifs is 1. The maximum atomic E-state index is 12.3. The standard InChI is InChI=1S/C20H22N2O/c1-20(2,3)15-8-10-16(11-9-15)22-19(23)12-14-13-21-18-7-5-4-6-17(14)18/h4-11,13,21H,12H2,1-3H3,(H,22,23). The van der Waals surface area contributed by atoms with E-state index in [9.17, 15) is 4.79 Å². The number of H-pyrrole nitrogens is 1. The van der Waals surface area contributed by atoms with Crippen LogP contribution in [0.25, 0.3) is 10.9 Å². The predicted molar refractivity (Wildman–Crippen MR) is 95.8 cm³/mol. The van der Waals surface area contributed by atoms with Gasteiger partial charge in [0.1, 0.15) is 0 Å². The van der Waals surface area contributed by atoms with Crippen molar-refractivity contribution in [3.63, 3.8) is 0 Å². The van der Waals surface area contributed by atoms with Crippen molar-refractivity contribution in [1.82, 2.24) is 4.98 Å². The summed E-state index contributed by atoms with van der Waals surface area (Å²) >= 11 is 0. The lowest BCUT2D eigenvalue weighted by molar-refractivity contribution is -0.115. The lowest BCUT2D eigenvalue weighted by Crippen LogP contribution is -2.15. The predicted octanol–water partition coefficient (Wildman–Crippen LogP) is 4.65. The van der Waals surface area contributed by atoms with E-state index in [0.29, 0.717) is 6.42 Å². The normalized spacial score (nSPS) is 11.6. The molecule has 2 aromatic carbocycles. The number of benzene rings is 2. The summed E-state index contributed by atoms with van der Waals surface area (Å²) in [5.41, 5.74) is 4.29. The largest absolute Gasteiger partial charge is 0.361 e. The summed E-state index contributed by atoms with van der Waals surface area (Å²) in [6.07, 6.45) is 2.28. The van der Waals surface area contributed by atoms with E-state index in [0.717, 1.165) is 22.2 Å². The minimum atomic E-state index is -0.00161. The van der Waals surface area contributed by atoms with E-state index in [1.54, 1.807) is 0 Å². The Bertz CT molecular complexity index is 823.